The third kappa shape index (κ3) is 2.35. The summed E-state index contributed by atoms with van der Waals surface area (Å²) < 4.78 is 0. The first-order chi connectivity index (χ1) is 9.28. The topological polar surface area (TPSA) is 49.4 Å². The normalized spacial score (nSPS) is 23.7. The van der Waals surface area contributed by atoms with Gasteiger partial charge in [0.25, 0.3) is 0 Å². The second-order valence-corrected chi connectivity index (χ2v) is 5.44. The predicted octanol–water partition coefficient (Wildman–Crippen LogP) is 1.67. The number of nitrogens with zero attached hydrogens (tertiary/aromatic N) is 1. The fourth-order valence-electron chi connectivity index (χ4n) is 3.18. The van der Waals surface area contributed by atoms with Crippen LogP contribution in [0.2, 0.25) is 0 Å². The van der Waals surface area contributed by atoms with Crippen LogP contribution in [-0.2, 0) is 16.0 Å². The van der Waals surface area contributed by atoms with Crippen molar-refractivity contribution in [2.45, 2.75) is 19.3 Å². The molecule has 1 saturated heterocycles. The van der Waals surface area contributed by atoms with Crippen molar-refractivity contribution in [1.29, 1.82) is 0 Å². The standard InChI is InChI=1S/C15H18N2O2/c18-10-17-7-5-11(6-8-17)13-9-12-3-1-2-4-14(12)16-15(13)19/h1-4,10-11,13H,5-9H2,(H,16,19). The summed E-state index contributed by atoms with van der Waals surface area (Å²) in [4.78, 5) is 24.7. The van der Waals surface area contributed by atoms with Gasteiger partial charge in [-0.15, -0.1) is 0 Å². The molecule has 0 spiro atoms. The van der Waals surface area contributed by atoms with Gasteiger partial charge in [-0.3, -0.25) is 9.59 Å². The molecule has 19 heavy (non-hydrogen) atoms. The number of fused-ring (bicyclic) bond motifs is 1. The van der Waals surface area contributed by atoms with Crippen molar-refractivity contribution < 1.29 is 9.59 Å². The number of benzene rings is 1. The van der Waals surface area contributed by atoms with Crippen LogP contribution >= 0.6 is 0 Å². The van der Waals surface area contributed by atoms with Gasteiger partial charge in [0.05, 0.1) is 0 Å². The van der Waals surface area contributed by atoms with E-state index >= 15 is 0 Å². The van der Waals surface area contributed by atoms with Gasteiger partial charge >= 0.3 is 0 Å². The second kappa shape index (κ2) is 5.03. The van der Waals surface area contributed by atoms with E-state index < -0.39 is 0 Å². The molecule has 1 aromatic rings. The first kappa shape index (κ1) is 12.2. The van der Waals surface area contributed by atoms with E-state index in [9.17, 15) is 9.59 Å². The minimum absolute atomic E-state index is 0.0590. The van der Waals surface area contributed by atoms with Crippen molar-refractivity contribution in [3.8, 4) is 0 Å². The smallest absolute Gasteiger partial charge is 0.228 e. The number of rotatable bonds is 2. The number of amides is 2. The molecule has 1 unspecified atom stereocenters. The number of hydrogen-bond acceptors (Lipinski definition) is 2. The van der Waals surface area contributed by atoms with Gasteiger partial charge < -0.3 is 10.2 Å². The van der Waals surface area contributed by atoms with Crippen LogP contribution in [0.4, 0.5) is 5.69 Å². The molecule has 1 aromatic carbocycles. The predicted molar refractivity (Wildman–Crippen MR) is 72.6 cm³/mol. The highest BCUT2D eigenvalue weighted by Crippen LogP contribution is 2.33. The quantitative estimate of drug-likeness (QED) is 0.820. The van der Waals surface area contributed by atoms with Gasteiger partial charge in [-0.2, -0.15) is 0 Å². The third-order valence-corrected chi connectivity index (χ3v) is 4.34. The number of anilines is 1. The number of likely N-dealkylation sites (tertiary alicyclic amines) is 1. The maximum Gasteiger partial charge on any atom is 0.228 e. The first-order valence-corrected chi connectivity index (χ1v) is 6.86. The van der Waals surface area contributed by atoms with Crippen LogP contribution in [0.3, 0.4) is 0 Å². The van der Waals surface area contributed by atoms with Crippen LogP contribution in [0.5, 0.6) is 0 Å². The van der Waals surface area contributed by atoms with E-state index in [1.54, 1.807) is 4.90 Å². The Bertz CT molecular complexity index is 493. The molecule has 0 radical (unpaired) electrons. The zero-order chi connectivity index (χ0) is 13.2. The molecule has 1 atom stereocenters. The number of piperidine rings is 1. The van der Waals surface area contributed by atoms with Crippen molar-refractivity contribution in [2.24, 2.45) is 11.8 Å². The summed E-state index contributed by atoms with van der Waals surface area (Å²) in [6, 6.07) is 8.01. The van der Waals surface area contributed by atoms with Crippen LogP contribution in [-0.4, -0.2) is 30.3 Å². The molecule has 4 nitrogen and oxygen atoms in total. The fraction of sp³-hybridized carbons (Fsp3) is 0.467. The Morgan fingerprint density at radius 2 is 1.95 bits per heavy atom. The Kier molecular flexibility index (Phi) is 3.23. The minimum Gasteiger partial charge on any atom is -0.345 e. The summed E-state index contributed by atoms with van der Waals surface area (Å²) in [6.07, 6.45) is 3.60. The minimum atomic E-state index is 0.0590. The van der Waals surface area contributed by atoms with Gasteiger partial charge in [-0.05, 0) is 36.8 Å². The first-order valence-electron chi connectivity index (χ1n) is 6.86. The molecule has 2 amide bonds. The lowest BCUT2D eigenvalue weighted by Crippen LogP contribution is -2.41. The molecule has 2 heterocycles. The third-order valence-electron chi connectivity index (χ3n) is 4.34. The average molecular weight is 258 g/mol. The number of nitrogens with one attached hydrogen (secondary N) is 1. The molecule has 1 N–H and O–H groups in total. The number of hydrogen-bond donors (Lipinski definition) is 1. The van der Waals surface area contributed by atoms with Crippen LogP contribution in [0.1, 0.15) is 18.4 Å². The maximum absolute atomic E-state index is 12.2. The summed E-state index contributed by atoms with van der Waals surface area (Å²) in [5.41, 5.74) is 2.18. The Hall–Kier alpha value is -1.84. The Morgan fingerprint density at radius 3 is 2.68 bits per heavy atom. The van der Waals surface area contributed by atoms with E-state index in [4.69, 9.17) is 0 Å². The van der Waals surface area contributed by atoms with Crippen LogP contribution in [0.25, 0.3) is 0 Å². The Balaban J connectivity index is 1.73. The molecule has 0 aliphatic carbocycles. The molecule has 0 aromatic heterocycles. The van der Waals surface area contributed by atoms with Crippen molar-refractivity contribution >= 4 is 18.0 Å². The summed E-state index contributed by atoms with van der Waals surface area (Å²) in [6.45, 7) is 1.55. The van der Waals surface area contributed by atoms with Crippen molar-refractivity contribution in [2.75, 3.05) is 18.4 Å². The molecule has 4 heteroatoms. The molecule has 100 valence electrons. The van der Waals surface area contributed by atoms with Gasteiger partial charge in [0.2, 0.25) is 12.3 Å². The Labute approximate surface area is 112 Å². The molecule has 3 rings (SSSR count). The lowest BCUT2D eigenvalue weighted by atomic mass is 9.78. The highest BCUT2D eigenvalue weighted by atomic mass is 16.2. The highest BCUT2D eigenvalue weighted by molar-refractivity contribution is 5.95. The average Bonchev–Trinajstić information content (AvgIpc) is 2.47. The summed E-state index contributed by atoms with van der Waals surface area (Å²) in [5.74, 6) is 0.594. The van der Waals surface area contributed by atoms with Gasteiger partial charge in [0.15, 0.2) is 0 Å². The van der Waals surface area contributed by atoms with E-state index in [1.807, 2.05) is 18.2 Å². The number of carbonyl (C=O) groups is 2. The molecule has 0 saturated carbocycles. The molecule has 2 aliphatic rings. The fourth-order valence-corrected chi connectivity index (χ4v) is 3.18. The molecule has 1 fully saturated rings. The van der Waals surface area contributed by atoms with Gasteiger partial charge in [0.1, 0.15) is 0 Å². The largest absolute Gasteiger partial charge is 0.345 e. The van der Waals surface area contributed by atoms with E-state index in [1.165, 1.54) is 5.56 Å². The summed E-state index contributed by atoms with van der Waals surface area (Å²) in [5, 5.41) is 3.01. The van der Waals surface area contributed by atoms with Crippen LogP contribution in [0.15, 0.2) is 24.3 Å². The maximum atomic E-state index is 12.2. The molecular weight excluding hydrogens is 240 g/mol. The van der Waals surface area contributed by atoms with Crippen molar-refractivity contribution in [3.63, 3.8) is 0 Å². The molecule has 0 bridgehead atoms. The van der Waals surface area contributed by atoms with Crippen molar-refractivity contribution in [3.05, 3.63) is 29.8 Å². The lowest BCUT2D eigenvalue weighted by molar-refractivity contribution is -0.123. The zero-order valence-electron chi connectivity index (χ0n) is 10.8. The van der Waals surface area contributed by atoms with E-state index in [2.05, 4.69) is 11.4 Å². The van der Waals surface area contributed by atoms with Crippen LogP contribution < -0.4 is 5.32 Å². The van der Waals surface area contributed by atoms with Crippen LogP contribution in [0, 0.1) is 11.8 Å². The van der Waals surface area contributed by atoms with Gasteiger partial charge in [0, 0.05) is 24.7 Å². The van der Waals surface area contributed by atoms with E-state index in [0.29, 0.717) is 5.92 Å². The lowest BCUT2D eigenvalue weighted by Gasteiger charge is -2.36. The second-order valence-electron chi connectivity index (χ2n) is 5.44. The number of para-hydroxylation sites is 1. The zero-order valence-corrected chi connectivity index (χ0v) is 10.8. The highest BCUT2D eigenvalue weighted by Gasteiger charge is 2.34. The van der Waals surface area contributed by atoms with Gasteiger partial charge in [-0.25, -0.2) is 0 Å². The monoisotopic (exact) mass is 258 g/mol. The van der Waals surface area contributed by atoms with E-state index in [-0.39, 0.29) is 11.8 Å². The van der Waals surface area contributed by atoms with Crippen molar-refractivity contribution in [1.82, 2.24) is 4.90 Å². The summed E-state index contributed by atoms with van der Waals surface area (Å²) in [7, 11) is 0. The SMILES string of the molecule is O=CN1CCC(C2Cc3ccccc3NC2=O)CC1. The molecular formula is C15H18N2O2. The number of carbonyl (C=O) groups excluding carboxylic acids is 2. The summed E-state index contributed by atoms with van der Waals surface area (Å²) >= 11 is 0. The van der Waals surface area contributed by atoms with E-state index in [0.717, 1.165) is 44.4 Å². The Morgan fingerprint density at radius 1 is 1.21 bits per heavy atom. The molecule has 2 aliphatic heterocycles. The van der Waals surface area contributed by atoms with Gasteiger partial charge in [-0.1, -0.05) is 18.2 Å².